The summed E-state index contributed by atoms with van der Waals surface area (Å²) < 4.78 is 6.51. The molecule has 0 spiro atoms. The van der Waals surface area contributed by atoms with Gasteiger partial charge in [-0.15, -0.1) is 0 Å². The van der Waals surface area contributed by atoms with Gasteiger partial charge in [0, 0.05) is 43.7 Å². The highest BCUT2D eigenvalue weighted by Gasteiger charge is 2.17. The molecule has 2 aromatic carbocycles. The molecule has 3 rings (SSSR count). The van der Waals surface area contributed by atoms with Gasteiger partial charge < -0.3 is 4.74 Å². The smallest absolute Gasteiger partial charge is 0.119 e. The van der Waals surface area contributed by atoms with Crippen LogP contribution < -0.4 is 4.74 Å². The van der Waals surface area contributed by atoms with Crippen LogP contribution in [0.5, 0.6) is 5.75 Å². The van der Waals surface area contributed by atoms with Crippen molar-refractivity contribution in [3.05, 3.63) is 64.1 Å². The normalized spacial score (nSPS) is 16.4. The summed E-state index contributed by atoms with van der Waals surface area (Å²) in [6.45, 7) is 6.48. The maximum atomic E-state index is 5.31. The minimum Gasteiger partial charge on any atom is -0.497 e. The predicted octanol–water partition coefficient (Wildman–Crippen LogP) is 3.78. The summed E-state index contributed by atoms with van der Waals surface area (Å²) in [6.07, 6.45) is 0. The quantitative estimate of drug-likeness (QED) is 0.791. The van der Waals surface area contributed by atoms with Gasteiger partial charge in [0.15, 0.2) is 0 Å². The fraction of sp³-hybridized carbons (Fsp3) is 0.368. The first-order valence-electron chi connectivity index (χ1n) is 8.05. The number of rotatable bonds is 5. The van der Waals surface area contributed by atoms with Crippen LogP contribution in [0.15, 0.2) is 53.0 Å². The van der Waals surface area contributed by atoms with Crippen LogP contribution in [0, 0.1) is 0 Å². The molecule has 4 heteroatoms. The standard InChI is InChI=1S/C19H23BrN2O/c1-23-18-7-4-5-16(13-18)14-21-9-11-22(12-10-21)15-17-6-2-3-8-19(17)20/h2-8,13H,9-12,14-15H2,1H3. The highest BCUT2D eigenvalue weighted by molar-refractivity contribution is 9.10. The molecule has 1 aliphatic rings. The first-order chi connectivity index (χ1) is 11.2. The molecule has 0 bridgehead atoms. The Balaban J connectivity index is 1.51. The molecule has 0 unspecified atom stereocenters. The Hall–Kier alpha value is -1.36. The summed E-state index contributed by atoms with van der Waals surface area (Å²) in [5.41, 5.74) is 2.69. The summed E-state index contributed by atoms with van der Waals surface area (Å²) in [4.78, 5) is 5.05. The molecule has 1 saturated heterocycles. The van der Waals surface area contributed by atoms with Gasteiger partial charge in [0.05, 0.1) is 7.11 Å². The highest BCUT2D eigenvalue weighted by Crippen LogP contribution is 2.19. The van der Waals surface area contributed by atoms with Gasteiger partial charge in [-0.1, -0.05) is 46.3 Å². The Bertz CT molecular complexity index is 639. The molecule has 0 aromatic heterocycles. The van der Waals surface area contributed by atoms with Crippen LogP contribution >= 0.6 is 15.9 Å². The highest BCUT2D eigenvalue weighted by atomic mass is 79.9. The summed E-state index contributed by atoms with van der Waals surface area (Å²) in [7, 11) is 1.72. The Kier molecular flexibility index (Phi) is 5.70. The van der Waals surface area contributed by atoms with Crippen LogP contribution in [0.4, 0.5) is 0 Å². The first kappa shape index (κ1) is 16.5. The van der Waals surface area contributed by atoms with E-state index in [0.717, 1.165) is 45.0 Å². The largest absolute Gasteiger partial charge is 0.497 e. The molecular formula is C19H23BrN2O. The van der Waals surface area contributed by atoms with Crippen molar-refractivity contribution in [3.8, 4) is 5.75 Å². The third-order valence-electron chi connectivity index (χ3n) is 4.36. The molecule has 0 N–H and O–H groups in total. The SMILES string of the molecule is COc1cccc(CN2CCN(Cc3ccccc3Br)CC2)c1. The van der Waals surface area contributed by atoms with Gasteiger partial charge in [0.25, 0.3) is 0 Å². The minimum atomic E-state index is 0.940. The first-order valence-corrected chi connectivity index (χ1v) is 8.85. The lowest BCUT2D eigenvalue weighted by molar-refractivity contribution is 0.122. The second-order valence-corrected chi connectivity index (χ2v) is 6.85. The van der Waals surface area contributed by atoms with Crippen LogP contribution in [-0.2, 0) is 13.1 Å². The van der Waals surface area contributed by atoms with Gasteiger partial charge in [-0.2, -0.15) is 0 Å². The molecule has 0 atom stereocenters. The van der Waals surface area contributed by atoms with Crippen molar-refractivity contribution in [1.29, 1.82) is 0 Å². The van der Waals surface area contributed by atoms with E-state index < -0.39 is 0 Å². The van der Waals surface area contributed by atoms with Crippen LogP contribution in [0.25, 0.3) is 0 Å². The molecule has 1 heterocycles. The van der Waals surface area contributed by atoms with E-state index in [2.05, 4.69) is 68.2 Å². The summed E-state index contributed by atoms with van der Waals surface area (Å²) in [5.74, 6) is 0.940. The number of nitrogens with zero attached hydrogens (tertiary/aromatic N) is 2. The molecular weight excluding hydrogens is 352 g/mol. The lowest BCUT2D eigenvalue weighted by Gasteiger charge is -2.35. The molecule has 0 radical (unpaired) electrons. The lowest BCUT2D eigenvalue weighted by atomic mass is 10.1. The van der Waals surface area contributed by atoms with E-state index in [-0.39, 0.29) is 0 Å². The summed E-state index contributed by atoms with van der Waals surface area (Å²) in [5, 5.41) is 0. The Labute approximate surface area is 147 Å². The van der Waals surface area contributed by atoms with E-state index in [1.165, 1.54) is 15.6 Å². The van der Waals surface area contributed by atoms with E-state index in [1.54, 1.807) is 7.11 Å². The van der Waals surface area contributed by atoms with Crippen LogP contribution in [-0.4, -0.2) is 43.1 Å². The second-order valence-electron chi connectivity index (χ2n) is 6.00. The number of methoxy groups -OCH3 is 1. The molecule has 122 valence electrons. The average Bonchev–Trinajstić information content (AvgIpc) is 2.59. The average molecular weight is 375 g/mol. The van der Waals surface area contributed by atoms with E-state index in [4.69, 9.17) is 4.74 Å². The van der Waals surface area contributed by atoms with Crippen molar-refractivity contribution in [3.63, 3.8) is 0 Å². The zero-order chi connectivity index (χ0) is 16.1. The number of hydrogen-bond donors (Lipinski definition) is 0. The van der Waals surface area contributed by atoms with Gasteiger partial charge in [-0.3, -0.25) is 9.80 Å². The van der Waals surface area contributed by atoms with Crippen molar-refractivity contribution in [1.82, 2.24) is 9.80 Å². The van der Waals surface area contributed by atoms with Crippen molar-refractivity contribution in [2.45, 2.75) is 13.1 Å². The van der Waals surface area contributed by atoms with E-state index in [1.807, 2.05) is 6.07 Å². The molecule has 0 saturated carbocycles. The van der Waals surface area contributed by atoms with Gasteiger partial charge in [-0.25, -0.2) is 0 Å². The maximum Gasteiger partial charge on any atom is 0.119 e. The number of benzene rings is 2. The van der Waals surface area contributed by atoms with Crippen molar-refractivity contribution < 1.29 is 4.74 Å². The number of piperazine rings is 1. The van der Waals surface area contributed by atoms with E-state index in [9.17, 15) is 0 Å². The van der Waals surface area contributed by atoms with Crippen molar-refractivity contribution in [2.75, 3.05) is 33.3 Å². The fourth-order valence-electron chi connectivity index (χ4n) is 3.00. The van der Waals surface area contributed by atoms with Gasteiger partial charge in [0.1, 0.15) is 5.75 Å². The van der Waals surface area contributed by atoms with E-state index in [0.29, 0.717) is 0 Å². The van der Waals surface area contributed by atoms with Crippen LogP contribution in [0.3, 0.4) is 0 Å². The number of ether oxygens (including phenoxy) is 1. The van der Waals surface area contributed by atoms with Crippen LogP contribution in [0.2, 0.25) is 0 Å². The molecule has 1 fully saturated rings. The lowest BCUT2D eigenvalue weighted by Crippen LogP contribution is -2.45. The Morgan fingerprint density at radius 3 is 2.30 bits per heavy atom. The van der Waals surface area contributed by atoms with Crippen molar-refractivity contribution >= 4 is 15.9 Å². The number of halogens is 1. The monoisotopic (exact) mass is 374 g/mol. The zero-order valence-electron chi connectivity index (χ0n) is 13.5. The molecule has 1 aliphatic heterocycles. The van der Waals surface area contributed by atoms with E-state index >= 15 is 0 Å². The molecule has 0 aliphatic carbocycles. The fourth-order valence-corrected chi connectivity index (χ4v) is 3.41. The summed E-state index contributed by atoms with van der Waals surface area (Å²) >= 11 is 3.64. The number of hydrogen-bond acceptors (Lipinski definition) is 3. The second kappa shape index (κ2) is 7.95. The predicted molar refractivity (Wildman–Crippen MR) is 97.7 cm³/mol. The summed E-state index contributed by atoms with van der Waals surface area (Å²) in [6, 6.07) is 16.9. The van der Waals surface area contributed by atoms with Crippen LogP contribution in [0.1, 0.15) is 11.1 Å². The molecule has 23 heavy (non-hydrogen) atoms. The zero-order valence-corrected chi connectivity index (χ0v) is 15.1. The van der Waals surface area contributed by atoms with Crippen molar-refractivity contribution in [2.24, 2.45) is 0 Å². The minimum absolute atomic E-state index is 0.940. The van der Waals surface area contributed by atoms with Gasteiger partial charge in [0.2, 0.25) is 0 Å². The Morgan fingerprint density at radius 1 is 0.913 bits per heavy atom. The maximum absolute atomic E-state index is 5.31. The van der Waals surface area contributed by atoms with Gasteiger partial charge in [-0.05, 0) is 29.3 Å². The third-order valence-corrected chi connectivity index (χ3v) is 5.13. The molecule has 3 nitrogen and oxygen atoms in total. The molecule has 2 aromatic rings. The topological polar surface area (TPSA) is 15.7 Å². The molecule has 0 amide bonds. The third kappa shape index (κ3) is 4.56. The Morgan fingerprint density at radius 2 is 1.61 bits per heavy atom. The van der Waals surface area contributed by atoms with Gasteiger partial charge >= 0.3 is 0 Å².